The largest absolute Gasteiger partial charge is 0.383 e. The second-order valence-electron chi connectivity index (χ2n) is 6.39. The van der Waals surface area contributed by atoms with Gasteiger partial charge in [-0.05, 0) is 50.6 Å². The molecular weight excluding hydrogens is 224 g/mol. The topological polar surface area (TPSA) is 24.5 Å². The maximum absolute atomic E-state index is 5.46. The highest BCUT2D eigenvalue weighted by Crippen LogP contribution is 2.32. The molecule has 2 aliphatic rings. The molecule has 0 aromatic rings. The van der Waals surface area contributed by atoms with Crippen molar-refractivity contribution in [3.8, 4) is 0 Å². The number of hydrogen-bond donors (Lipinski definition) is 1. The maximum Gasteiger partial charge on any atom is 0.0620 e. The summed E-state index contributed by atoms with van der Waals surface area (Å²) in [6.45, 7) is 9.26. The van der Waals surface area contributed by atoms with Crippen molar-refractivity contribution >= 4 is 0 Å². The highest BCUT2D eigenvalue weighted by molar-refractivity contribution is 4.91. The molecule has 1 aliphatic carbocycles. The van der Waals surface area contributed by atoms with Crippen molar-refractivity contribution in [1.29, 1.82) is 0 Å². The van der Waals surface area contributed by atoms with E-state index in [0.717, 1.165) is 18.6 Å². The minimum absolute atomic E-state index is 0.609. The maximum atomic E-state index is 5.46. The molecule has 3 heteroatoms. The van der Waals surface area contributed by atoms with Crippen molar-refractivity contribution in [1.82, 2.24) is 10.2 Å². The number of hydrogen-bond acceptors (Lipinski definition) is 3. The summed E-state index contributed by atoms with van der Waals surface area (Å²) < 4.78 is 5.46. The zero-order valence-corrected chi connectivity index (χ0v) is 12.3. The third-order valence-corrected chi connectivity index (χ3v) is 4.48. The number of nitrogens with one attached hydrogen (secondary N) is 1. The zero-order valence-electron chi connectivity index (χ0n) is 12.3. The van der Waals surface area contributed by atoms with Gasteiger partial charge in [0, 0.05) is 25.7 Å². The van der Waals surface area contributed by atoms with Gasteiger partial charge >= 0.3 is 0 Å². The number of rotatable bonds is 7. The van der Waals surface area contributed by atoms with E-state index in [4.69, 9.17) is 4.74 Å². The number of piperidine rings is 1. The first-order valence-corrected chi connectivity index (χ1v) is 7.67. The third kappa shape index (κ3) is 3.94. The Hall–Kier alpha value is -0.120. The van der Waals surface area contributed by atoms with Gasteiger partial charge in [-0.3, -0.25) is 4.90 Å². The van der Waals surface area contributed by atoms with Crippen LogP contribution in [0.3, 0.4) is 0 Å². The van der Waals surface area contributed by atoms with Crippen molar-refractivity contribution in [2.45, 2.75) is 51.6 Å². The van der Waals surface area contributed by atoms with Crippen molar-refractivity contribution < 1.29 is 4.74 Å². The van der Waals surface area contributed by atoms with Gasteiger partial charge in [-0.15, -0.1) is 0 Å². The zero-order chi connectivity index (χ0) is 13.0. The second kappa shape index (κ2) is 6.88. The molecular formula is C15H30N2O. The lowest BCUT2D eigenvalue weighted by Gasteiger charge is -2.37. The summed E-state index contributed by atoms with van der Waals surface area (Å²) in [7, 11) is 1.84. The quantitative estimate of drug-likeness (QED) is 0.753. The molecule has 3 nitrogen and oxygen atoms in total. The second-order valence-corrected chi connectivity index (χ2v) is 6.39. The number of ether oxygens (including phenoxy) is 1. The van der Waals surface area contributed by atoms with Gasteiger partial charge in [0.05, 0.1) is 6.61 Å². The fraction of sp³-hybridized carbons (Fsp3) is 1.00. The molecule has 1 heterocycles. The Morgan fingerprint density at radius 1 is 1.17 bits per heavy atom. The lowest BCUT2D eigenvalue weighted by atomic mass is 9.95. The van der Waals surface area contributed by atoms with Gasteiger partial charge in [0.1, 0.15) is 0 Å². The van der Waals surface area contributed by atoms with E-state index in [1.54, 1.807) is 0 Å². The van der Waals surface area contributed by atoms with E-state index in [1.807, 2.05) is 7.11 Å². The lowest BCUT2D eigenvalue weighted by molar-refractivity contribution is 0.0449. The molecule has 106 valence electrons. The minimum atomic E-state index is 0.609. The molecule has 0 radical (unpaired) electrons. The van der Waals surface area contributed by atoms with Crippen LogP contribution in [0.1, 0.15) is 39.5 Å². The average Bonchev–Trinajstić information content (AvgIpc) is 3.19. The van der Waals surface area contributed by atoms with Gasteiger partial charge in [0.15, 0.2) is 0 Å². The molecule has 1 unspecified atom stereocenters. The van der Waals surface area contributed by atoms with Gasteiger partial charge in [0.25, 0.3) is 0 Å². The fourth-order valence-electron chi connectivity index (χ4n) is 3.17. The van der Waals surface area contributed by atoms with Crippen LogP contribution in [-0.2, 0) is 4.74 Å². The van der Waals surface area contributed by atoms with Crippen LogP contribution in [0.25, 0.3) is 0 Å². The molecule has 0 bridgehead atoms. The van der Waals surface area contributed by atoms with E-state index < -0.39 is 0 Å². The van der Waals surface area contributed by atoms with Crippen molar-refractivity contribution in [3.63, 3.8) is 0 Å². The molecule has 2 fully saturated rings. The monoisotopic (exact) mass is 254 g/mol. The number of methoxy groups -OCH3 is 1. The Morgan fingerprint density at radius 2 is 1.83 bits per heavy atom. The Bertz CT molecular complexity index is 235. The first kappa shape index (κ1) is 14.3. The van der Waals surface area contributed by atoms with Crippen LogP contribution >= 0.6 is 0 Å². The molecule has 1 N–H and O–H groups in total. The Labute approximate surface area is 112 Å². The molecule has 0 amide bonds. The van der Waals surface area contributed by atoms with Crippen LogP contribution in [0.15, 0.2) is 0 Å². The third-order valence-electron chi connectivity index (χ3n) is 4.48. The summed E-state index contributed by atoms with van der Waals surface area (Å²) in [4.78, 5) is 2.77. The van der Waals surface area contributed by atoms with Gasteiger partial charge < -0.3 is 10.1 Å². The van der Waals surface area contributed by atoms with Crippen LogP contribution in [0.2, 0.25) is 0 Å². The molecule has 0 spiro atoms. The molecule has 1 atom stereocenters. The lowest BCUT2D eigenvalue weighted by Crippen LogP contribution is -2.47. The van der Waals surface area contributed by atoms with Gasteiger partial charge in [0.2, 0.25) is 0 Å². The smallest absolute Gasteiger partial charge is 0.0620 e. The summed E-state index contributed by atoms with van der Waals surface area (Å²) >= 11 is 0. The highest BCUT2D eigenvalue weighted by Gasteiger charge is 2.36. The molecule has 0 aromatic carbocycles. The normalized spacial score (nSPS) is 23.8. The molecule has 1 saturated heterocycles. The van der Waals surface area contributed by atoms with Crippen molar-refractivity contribution in [3.05, 3.63) is 0 Å². The van der Waals surface area contributed by atoms with Gasteiger partial charge in [-0.2, -0.15) is 0 Å². The summed E-state index contributed by atoms with van der Waals surface area (Å²) in [5.74, 6) is 1.58. The van der Waals surface area contributed by atoms with E-state index >= 15 is 0 Å². The predicted molar refractivity (Wildman–Crippen MR) is 75.8 cm³/mol. The van der Waals surface area contributed by atoms with Crippen LogP contribution in [0.5, 0.6) is 0 Å². The van der Waals surface area contributed by atoms with Crippen LogP contribution in [0.4, 0.5) is 0 Å². The first-order valence-electron chi connectivity index (χ1n) is 7.67. The van der Waals surface area contributed by atoms with Gasteiger partial charge in [-0.1, -0.05) is 13.8 Å². The standard InChI is InChI=1S/C15H30N2O/c1-12(2)15(11-18-3)17(14-4-5-14)10-13-6-8-16-9-7-13/h12-16H,4-11H2,1-3H3. The van der Waals surface area contributed by atoms with Crippen molar-refractivity contribution in [2.75, 3.05) is 33.4 Å². The van der Waals surface area contributed by atoms with Crippen LogP contribution in [-0.4, -0.2) is 50.3 Å². The fourth-order valence-corrected chi connectivity index (χ4v) is 3.17. The summed E-state index contributed by atoms with van der Waals surface area (Å²) in [5, 5.41) is 3.47. The van der Waals surface area contributed by atoms with E-state index in [9.17, 15) is 0 Å². The molecule has 0 aromatic heterocycles. The Morgan fingerprint density at radius 3 is 2.33 bits per heavy atom. The molecule has 1 saturated carbocycles. The highest BCUT2D eigenvalue weighted by atomic mass is 16.5. The Kier molecular flexibility index (Phi) is 5.46. The SMILES string of the molecule is COCC(C(C)C)N(CC1CCNCC1)C1CC1. The summed E-state index contributed by atoms with van der Waals surface area (Å²) in [6, 6.07) is 1.46. The van der Waals surface area contributed by atoms with E-state index in [1.165, 1.54) is 45.3 Å². The summed E-state index contributed by atoms with van der Waals surface area (Å²) in [6.07, 6.45) is 5.50. The Balaban J connectivity index is 1.92. The predicted octanol–water partition coefficient (Wildman–Crippen LogP) is 2.12. The molecule has 2 rings (SSSR count). The first-order chi connectivity index (χ1) is 8.72. The van der Waals surface area contributed by atoms with Gasteiger partial charge in [-0.25, -0.2) is 0 Å². The minimum Gasteiger partial charge on any atom is -0.383 e. The van der Waals surface area contributed by atoms with Crippen LogP contribution in [0, 0.1) is 11.8 Å². The van der Waals surface area contributed by atoms with Crippen molar-refractivity contribution in [2.24, 2.45) is 11.8 Å². The van der Waals surface area contributed by atoms with E-state index in [2.05, 4.69) is 24.1 Å². The van der Waals surface area contributed by atoms with E-state index in [0.29, 0.717) is 12.0 Å². The van der Waals surface area contributed by atoms with E-state index in [-0.39, 0.29) is 0 Å². The summed E-state index contributed by atoms with van der Waals surface area (Å²) in [5.41, 5.74) is 0. The molecule has 1 aliphatic heterocycles. The van der Waals surface area contributed by atoms with Crippen LogP contribution < -0.4 is 5.32 Å². The average molecular weight is 254 g/mol. The molecule has 18 heavy (non-hydrogen) atoms. The number of nitrogens with zero attached hydrogens (tertiary/aromatic N) is 1.